The van der Waals surface area contributed by atoms with E-state index in [1.54, 1.807) is 0 Å². The molecule has 0 aromatic carbocycles. The van der Waals surface area contributed by atoms with E-state index < -0.39 is 0 Å². The van der Waals surface area contributed by atoms with Gasteiger partial charge >= 0.3 is 0 Å². The Balaban J connectivity index is 1.64. The van der Waals surface area contributed by atoms with E-state index in [2.05, 4.69) is 31.0 Å². The van der Waals surface area contributed by atoms with Crippen molar-refractivity contribution in [2.75, 3.05) is 32.7 Å². The Bertz CT molecular complexity index is 230. The highest BCUT2D eigenvalue weighted by Crippen LogP contribution is 2.34. The van der Waals surface area contributed by atoms with Gasteiger partial charge in [-0.25, -0.2) is 0 Å². The van der Waals surface area contributed by atoms with Gasteiger partial charge < -0.3 is 10.2 Å². The summed E-state index contributed by atoms with van der Waals surface area (Å²) in [6, 6.07) is 0. The molecule has 0 bridgehead atoms. The summed E-state index contributed by atoms with van der Waals surface area (Å²) in [7, 11) is 0. The van der Waals surface area contributed by atoms with Crippen LogP contribution < -0.4 is 5.32 Å². The van der Waals surface area contributed by atoms with Crippen LogP contribution in [0.2, 0.25) is 0 Å². The summed E-state index contributed by atoms with van der Waals surface area (Å²) in [6.45, 7) is 13.7. The van der Waals surface area contributed by atoms with Gasteiger partial charge in [-0.1, -0.05) is 20.8 Å². The molecule has 0 atom stereocenters. The number of hydrogen-bond donors (Lipinski definition) is 1. The molecule has 106 valence electrons. The molecular weight excluding hydrogens is 220 g/mol. The smallest absolute Gasteiger partial charge is 0.00159 e. The van der Waals surface area contributed by atoms with Gasteiger partial charge in [-0.15, -0.1) is 0 Å². The van der Waals surface area contributed by atoms with E-state index in [1.807, 2.05) is 0 Å². The average Bonchev–Trinajstić information content (AvgIpc) is 2.37. The summed E-state index contributed by atoms with van der Waals surface area (Å²) in [5, 5.41) is 3.46. The topological polar surface area (TPSA) is 15.3 Å². The third-order valence-electron chi connectivity index (χ3n) is 5.12. The van der Waals surface area contributed by atoms with Crippen LogP contribution in [0.15, 0.2) is 0 Å². The lowest BCUT2D eigenvalue weighted by molar-refractivity contribution is 0.106. The van der Waals surface area contributed by atoms with Crippen LogP contribution in [0.3, 0.4) is 0 Å². The van der Waals surface area contributed by atoms with Crippen molar-refractivity contribution >= 4 is 0 Å². The second-order valence-electron chi connectivity index (χ2n) is 7.46. The Morgan fingerprint density at radius 1 is 1.00 bits per heavy atom. The van der Waals surface area contributed by atoms with Crippen LogP contribution in [-0.2, 0) is 0 Å². The van der Waals surface area contributed by atoms with Gasteiger partial charge in [0, 0.05) is 0 Å². The van der Waals surface area contributed by atoms with Gasteiger partial charge in [0.25, 0.3) is 0 Å². The van der Waals surface area contributed by atoms with Gasteiger partial charge in [-0.2, -0.15) is 0 Å². The average molecular weight is 252 g/mol. The zero-order valence-electron chi connectivity index (χ0n) is 12.7. The summed E-state index contributed by atoms with van der Waals surface area (Å²) in [6.07, 6.45) is 7.06. The van der Waals surface area contributed by atoms with E-state index in [9.17, 15) is 0 Å². The van der Waals surface area contributed by atoms with Gasteiger partial charge in [-0.05, 0) is 82.1 Å². The van der Waals surface area contributed by atoms with E-state index in [4.69, 9.17) is 0 Å². The molecule has 0 saturated carbocycles. The fraction of sp³-hybridized carbons (Fsp3) is 1.00. The number of nitrogens with zero attached hydrogens (tertiary/aromatic N) is 1. The van der Waals surface area contributed by atoms with Crippen LogP contribution in [0.5, 0.6) is 0 Å². The molecule has 0 amide bonds. The van der Waals surface area contributed by atoms with Crippen LogP contribution in [0.25, 0.3) is 0 Å². The largest absolute Gasteiger partial charge is 0.317 e. The molecule has 1 N–H and O–H groups in total. The van der Waals surface area contributed by atoms with E-state index >= 15 is 0 Å². The first-order valence-corrected chi connectivity index (χ1v) is 7.99. The number of nitrogens with one attached hydrogen (secondary N) is 1. The Morgan fingerprint density at radius 3 is 2.17 bits per heavy atom. The molecule has 2 aliphatic rings. The Hall–Kier alpha value is -0.0800. The third kappa shape index (κ3) is 4.24. The van der Waals surface area contributed by atoms with Crippen molar-refractivity contribution in [2.45, 2.75) is 52.9 Å². The predicted octanol–water partition coefficient (Wildman–Crippen LogP) is 3.13. The Morgan fingerprint density at radius 2 is 1.61 bits per heavy atom. The zero-order chi connectivity index (χ0) is 13.0. The fourth-order valence-electron chi connectivity index (χ4n) is 3.56. The van der Waals surface area contributed by atoms with Crippen LogP contribution in [0.4, 0.5) is 0 Å². The summed E-state index contributed by atoms with van der Waals surface area (Å²) < 4.78 is 0. The minimum atomic E-state index is 0.515. The maximum absolute atomic E-state index is 3.46. The SMILES string of the molecule is CC(C)(C)C1CCN(CCC2CCNCC2)CC1. The standard InChI is InChI=1S/C16H32N2/c1-16(2,3)15-7-12-18(13-8-15)11-6-14-4-9-17-10-5-14/h14-15,17H,4-13H2,1-3H3. The van der Waals surface area contributed by atoms with Crippen molar-refractivity contribution in [3.05, 3.63) is 0 Å². The first kappa shape index (κ1) is 14.3. The molecule has 0 radical (unpaired) electrons. The summed E-state index contributed by atoms with van der Waals surface area (Å²) in [5.41, 5.74) is 0.515. The molecule has 0 unspecified atom stereocenters. The lowest BCUT2D eigenvalue weighted by Crippen LogP contribution is -2.39. The zero-order valence-corrected chi connectivity index (χ0v) is 12.7. The van der Waals surface area contributed by atoms with Crippen molar-refractivity contribution in [3.8, 4) is 0 Å². The van der Waals surface area contributed by atoms with Gasteiger partial charge in [0.05, 0.1) is 0 Å². The van der Waals surface area contributed by atoms with Crippen molar-refractivity contribution in [3.63, 3.8) is 0 Å². The monoisotopic (exact) mass is 252 g/mol. The first-order valence-electron chi connectivity index (χ1n) is 7.99. The molecule has 2 heteroatoms. The molecule has 2 fully saturated rings. The van der Waals surface area contributed by atoms with Crippen LogP contribution in [-0.4, -0.2) is 37.6 Å². The van der Waals surface area contributed by atoms with Crippen molar-refractivity contribution in [2.24, 2.45) is 17.3 Å². The maximum Gasteiger partial charge on any atom is -0.00159 e. The third-order valence-corrected chi connectivity index (χ3v) is 5.12. The highest BCUT2D eigenvalue weighted by Gasteiger charge is 2.28. The summed E-state index contributed by atoms with van der Waals surface area (Å²) >= 11 is 0. The number of piperidine rings is 2. The maximum atomic E-state index is 3.46. The van der Waals surface area contributed by atoms with Gasteiger partial charge in [0.15, 0.2) is 0 Å². The molecule has 2 aliphatic heterocycles. The normalized spacial score (nSPS) is 25.5. The summed E-state index contributed by atoms with van der Waals surface area (Å²) in [4.78, 5) is 2.71. The van der Waals surface area contributed by atoms with Crippen molar-refractivity contribution in [1.82, 2.24) is 10.2 Å². The van der Waals surface area contributed by atoms with E-state index in [0.717, 1.165) is 11.8 Å². The lowest BCUT2D eigenvalue weighted by atomic mass is 9.75. The molecule has 2 heterocycles. The minimum absolute atomic E-state index is 0.515. The van der Waals surface area contributed by atoms with Crippen LogP contribution in [0, 0.1) is 17.3 Å². The Labute approximate surface area is 114 Å². The number of likely N-dealkylation sites (tertiary alicyclic amines) is 1. The van der Waals surface area contributed by atoms with Gasteiger partial charge in [0.2, 0.25) is 0 Å². The summed E-state index contributed by atoms with van der Waals surface area (Å²) in [5.74, 6) is 1.93. The lowest BCUT2D eigenvalue weighted by Gasteiger charge is -2.39. The molecule has 2 saturated heterocycles. The molecule has 0 spiro atoms. The van der Waals surface area contributed by atoms with Gasteiger partial charge in [0.1, 0.15) is 0 Å². The molecule has 0 aromatic heterocycles. The number of rotatable bonds is 3. The predicted molar refractivity (Wildman–Crippen MR) is 78.8 cm³/mol. The quantitative estimate of drug-likeness (QED) is 0.830. The molecular formula is C16H32N2. The fourth-order valence-corrected chi connectivity index (χ4v) is 3.56. The van der Waals surface area contributed by atoms with Crippen LogP contribution >= 0.6 is 0 Å². The highest BCUT2D eigenvalue weighted by molar-refractivity contribution is 4.81. The molecule has 2 rings (SSSR count). The highest BCUT2D eigenvalue weighted by atomic mass is 15.1. The molecule has 18 heavy (non-hydrogen) atoms. The second-order valence-corrected chi connectivity index (χ2v) is 7.46. The van der Waals surface area contributed by atoms with Crippen LogP contribution in [0.1, 0.15) is 52.9 Å². The van der Waals surface area contributed by atoms with E-state index in [-0.39, 0.29) is 0 Å². The van der Waals surface area contributed by atoms with Gasteiger partial charge in [-0.3, -0.25) is 0 Å². The van der Waals surface area contributed by atoms with E-state index in [1.165, 1.54) is 64.8 Å². The van der Waals surface area contributed by atoms with Crippen molar-refractivity contribution < 1.29 is 0 Å². The molecule has 0 aliphatic carbocycles. The van der Waals surface area contributed by atoms with E-state index in [0.29, 0.717) is 5.41 Å². The Kier molecular flexibility index (Phi) is 5.08. The van der Waals surface area contributed by atoms with Crippen molar-refractivity contribution in [1.29, 1.82) is 0 Å². The molecule has 2 nitrogen and oxygen atoms in total. The first-order chi connectivity index (χ1) is 8.55. The molecule has 0 aromatic rings. The number of hydrogen-bond acceptors (Lipinski definition) is 2. The minimum Gasteiger partial charge on any atom is -0.317 e. The second kappa shape index (κ2) is 6.38.